The highest BCUT2D eigenvalue weighted by Gasteiger charge is 2.11. The first-order chi connectivity index (χ1) is 9.19. The lowest BCUT2D eigenvalue weighted by Crippen LogP contribution is -2.08. The molecule has 1 aromatic carbocycles. The molecule has 0 amide bonds. The number of halogens is 1. The van der Waals surface area contributed by atoms with Crippen LogP contribution in [0.2, 0.25) is 0 Å². The Kier molecular flexibility index (Phi) is 3.03. The van der Waals surface area contributed by atoms with Gasteiger partial charge >= 0.3 is 0 Å². The first kappa shape index (κ1) is 12.2. The Morgan fingerprint density at radius 2 is 2.11 bits per heavy atom. The van der Waals surface area contributed by atoms with Gasteiger partial charge in [0.1, 0.15) is 5.82 Å². The monoisotopic (exact) mass is 274 g/mol. The van der Waals surface area contributed by atoms with Gasteiger partial charge in [-0.05, 0) is 30.7 Å². The summed E-state index contributed by atoms with van der Waals surface area (Å²) in [6, 6.07) is 8.27. The smallest absolute Gasteiger partial charge is 0.125 e. The Morgan fingerprint density at radius 1 is 1.26 bits per heavy atom. The zero-order chi connectivity index (χ0) is 13.4. The lowest BCUT2D eigenvalue weighted by Gasteiger charge is -2.08. The van der Waals surface area contributed by atoms with E-state index in [0.29, 0.717) is 5.88 Å². The molecule has 0 aliphatic rings. The summed E-state index contributed by atoms with van der Waals surface area (Å²) < 4.78 is 4.03. The van der Waals surface area contributed by atoms with Crippen LogP contribution in [0.25, 0.3) is 11.0 Å². The first-order valence-electron chi connectivity index (χ1n) is 6.17. The highest BCUT2D eigenvalue weighted by molar-refractivity contribution is 6.16. The molecule has 0 N–H and O–H groups in total. The van der Waals surface area contributed by atoms with Gasteiger partial charge in [-0.25, -0.2) is 4.98 Å². The van der Waals surface area contributed by atoms with Gasteiger partial charge in [-0.3, -0.25) is 4.68 Å². The molecule has 0 fully saturated rings. The van der Waals surface area contributed by atoms with Crippen molar-refractivity contribution in [2.45, 2.75) is 19.3 Å². The maximum absolute atomic E-state index is 6.02. The number of fused-ring (bicyclic) bond motifs is 1. The molecule has 98 valence electrons. The molecule has 0 unspecified atom stereocenters. The second-order valence-electron chi connectivity index (χ2n) is 4.69. The van der Waals surface area contributed by atoms with Crippen molar-refractivity contribution in [3.63, 3.8) is 0 Å². The third-order valence-corrected chi connectivity index (χ3v) is 3.58. The largest absolute Gasteiger partial charge is 0.321 e. The van der Waals surface area contributed by atoms with E-state index in [-0.39, 0.29) is 0 Å². The van der Waals surface area contributed by atoms with Gasteiger partial charge in [0.15, 0.2) is 0 Å². The third kappa shape index (κ3) is 2.12. The molecule has 0 bridgehead atoms. The number of aromatic nitrogens is 4. The second kappa shape index (κ2) is 4.70. The van der Waals surface area contributed by atoms with Crippen molar-refractivity contribution in [2.75, 3.05) is 0 Å². The maximum atomic E-state index is 6.02. The van der Waals surface area contributed by atoms with Crippen LogP contribution in [0, 0.1) is 6.92 Å². The van der Waals surface area contributed by atoms with Crippen molar-refractivity contribution in [2.24, 2.45) is 7.05 Å². The van der Waals surface area contributed by atoms with Crippen LogP contribution in [0.3, 0.4) is 0 Å². The van der Waals surface area contributed by atoms with Gasteiger partial charge in [-0.2, -0.15) is 5.10 Å². The van der Waals surface area contributed by atoms with Gasteiger partial charge in [0.2, 0.25) is 0 Å². The second-order valence-corrected chi connectivity index (χ2v) is 4.95. The summed E-state index contributed by atoms with van der Waals surface area (Å²) in [6.45, 7) is 2.82. The van der Waals surface area contributed by atoms with Crippen LogP contribution in [-0.4, -0.2) is 19.3 Å². The van der Waals surface area contributed by atoms with Crippen LogP contribution in [0.5, 0.6) is 0 Å². The Hall–Kier alpha value is -1.81. The van der Waals surface area contributed by atoms with Crippen LogP contribution >= 0.6 is 11.6 Å². The molecule has 0 saturated heterocycles. The van der Waals surface area contributed by atoms with E-state index < -0.39 is 0 Å². The number of hydrogen-bond acceptors (Lipinski definition) is 2. The molecule has 0 radical (unpaired) electrons. The molecule has 0 atom stereocenters. The minimum atomic E-state index is 0.408. The van der Waals surface area contributed by atoms with E-state index in [2.05, 4.69) is 33.7 Å². The van der Waals surface area contributed by atoms with Crippen LogP contribution in [0.15, 0.2) is 30.5 Å². The fourth-order valence-electron chi connectivity index (χ4n) is 2.28. The fraction of sp³-hybridized carbons (Fsp3) is 0.286. The zero-order valence-corrected chi connectivity index (χ0v) is 11.7. The number of nitrogens with zero attached hydrogens (tertiary/aromatic N) is 4. The molecular formula is C14H15ClN4. The number of aryl methyl sites for hydroxylation is 2. The van der Waals surface area contributed by atoms with Gasteiger partial charge in [-0.15, -0.1) is 11.6 Å². The minimum absolute atomic E-state index is 0.408. The molecule has 0 spiro atoms. The topological polar surface area (TPSA) is 35.6 Å². The van der Waals surface area contributed by atoms with E-state index in [9.17, 15) is 0 Å². The number of imidazole rings is 1. The molecule has 2 aromatic heterocycles. The van der Waals surface area contributed by atoms with Gasteiger partial charge in [-0.1, -0.05) is 6.07 Å². The molecule has 0 saturated carbocycles. The third-order valence-electron chi connectivity index (χ3n) is 3.34. The van der Waals surface area contributed by atoms with Gasteiger partial charge in [0.05, 0.1) is 29.2 Å². The number of rotatable bonds is 3. The van der Waals surface area contributed by atoms with Crippen molar-refractivity contribution < 1.29 is 0 Å². The predicted molar refractivity (Wildman–Crippen MR) is 76.3 cm³/mol. The van der Waals surface area contributed by atoms with Crippen LogP contribution in [0.4, 0.5) is 0 Å². The van der Waals surface area contributed by atoms with Crippen molar-refractivity contribution in [1.29, 1.82) is 0 Å². The first-order valence-corrected chi connectivity index (χ1v) is 6.71. The normalized spacial score (nSPS) is 11.3. The van der Waals surface area contributed by atoms with Gasteiger partial charge in [0, 0.05) is 13.2 Å². The molecule has 3 aromatic rings. The van der Waals surface area contributed by atoms with E-state index in [1.54, 1.807) is 6.20 Å². The average Bonchev–Trinajstić information content (AvgIpc) is 2.95. The minimum Gasteiger partial charge on any atom is -0.321 e. The number of hydrogen-bond donors (Lipinski definition) is 0. The summed E-state index contributed by atoms with van der Waals surface area (Å²) in [5.41, 5.74) is 4.47. The molecule has 3 rings (SSSR count). The fourth-order valence-corrected chi connectivity index (χ4v) is 2.48. The molecular weight excluding hydrogens is 260 g/mol. The summed E-state index contributed by atoms with van der Waals surface area (Å²) in [4.78, 5) is 4.58. The molecule has 0 aliphatic carbocycles. The summed E-state index contributed by atoms with van der Waals surface area (Å²) in [5, 5.41) is 4.20. The number of alkyl halides is 1. The molecule has 4 nitrogen and oxygen atoms in total. The lowest BCUT2D eigenvalue weighted by atomic mass is 10.2. The Bertz CT molecular complexity index is 726. The summed E-state index contributed by atoms with van der Waals surface area (Å²) in [7, 11) is 1.94. The summed E-state index contributed by atoms with van der Waals surface area (Å²) in [6.07, 6.45) is 1.81. The molecule has 5 heteroatoms. The predicted octanol–water partition coefficient (Wildman–Crippen LogP) is 2.87. The SMILES string of the molecule is Cc1ccc2nc(CCl)n(Cc3ccnn3C)c2c1. The van der Waals surface area contributed by atoms with E-state index in [1.165, 1.54) is 5.56 Å². The quantitative estimate of drug-likeness (QED) is 0.689. The molecule has 0 aliphatic heterocycles. The van der Waals surface area contributed by atoms with Crippen molar-refractivity contribution >= 4 is 22.6 Å². The summed E-state index contributed by atoms with van der Waals surface area (Å²) in [5.74, 6) is 1.30. The van der Waals surface area contributed by atoms with Crippen molar-refractivity contribution in [3.05, 3.63) is 47.5 Å². The molecule has 2 heterocycles. The number of benzene rings is 1. The summed E-state index contributed by atoms with van der Waals surface area (Å²) >= 11 is 6.02. The highest BCUT2D eigenvalue weighted by Crippen LogP contribution is 2.20. The van der Waals surface area contributed by atoms with Gasteiger partial charge < -0.3 is 4.57 Å². The van der Waals surface area contributed by atoms with Crippen molar-refractivity contribution in [3.8, 4) is 0 Å². The van der Waals surface area contributed by atoms with Crippen LogP contribution in [-0.2, 0) is 19.5 Å². The lowest BCUT2D eigenvalue weighted by molar-refractivity contribution is 0.663. The van der Waals surface area contributed by atoms with Crippen LogP contribution < -0.4 is 0 Å². The van der Waals surface area contributed by atoms with E-state index in [4.69, 9.17) is 11.6 Å². The van der Waals surface area contributed by atoms with Crippen molar-refractivity contribution in [1.82, 2.24) is 19.3 Å². The Balaban J connectivity index is 2.15. The maximum Gasteiger partial charge on any atom is 0.125 e. The van der Waals surface area contributed by atoms with Crippen LogP contribution in [0.1, 0.15) is 17.1 Å². The van der Waals surface area contributed by atoms with E-state index in [0.717, 1.165) is 29.1 Å². The standard InChI is InChI=1S/C14H15ClN4/c1-10-3-4-12-13(7-10)19(14(8-15)17-12)9-11-5-6-16-18(11)2/h3-7H,8-9H2,1-2H3. The Morgan fingerprint density at radius 3 is 2.79 bits per heavy atom. The van der Waals surface area contributed by atoms with E-state index >= 15 is 0 Å². The molecule has 19 heavy (non-hydrogen) atoms. The zero-order valence-electron chi connectivity index (χ0n) is 11.0. The van der Waals surface area contributed by atoms with E-state index in [1.807, 2.05) is 23.9 Å². The average molecular weight is 275 g/mol. The highest BCUT2D eigenvalue weighted by atomic mass is 35.5. The Labute approximate surface area is 116 Å². The van der Waals surface area contributed by atoms with Gasteiger partial charge in [0.25, 0.3) is 0 Å².